The van der Waals surface area contributed by atoms with E-state index in [1.54, 1.807) is 0 Å². The van der Waals surface area contributed by atoms with Crippen LogP contribution >= 0.6 is 0 Å². The van der Waals surface area contributed by atoms with Crippen LogP contribution in [0.2, 0.25) is 0 Å². The molecule has 0 aliphatic carbocycles. The zero-order chi connectivity index (χ0) is 14.4. The smallest absolute Gasteiger partial charge is 0.307 e. The monoisotopic (exact) mass is 273 g/mol. The summed E-state index contributed by atoms with van der Waals surface area (Å²) in [6.07, 6.45) is 0.0818. The molecule has 0 unspecified atom stereocenters. The molecule has 0 saturated carbocycles. The van der Waals surface area contributed by atoms with Crippen LogP contribution in [0.4, 0.5) is 20.2 Å². The molecule has 0 radical (unpaired) electrons. The van der Waals surface area contributed by atoms with Crippen LogP contribution < -0.4 is 10.6 Å². The maximum atomic E-state index is 13.3. The Morgan fingerprint density at radius 1 is 1.37 bits per heavy atom. The van der Waals surface area contributed by atoms with Crippen molar-refractivity contribution in [2.24, 2.45) is 0 Å². The molecule has 0 bridgehead atoms. The summed E-state index contributed by atoms with van der Waals surface area (Å²) in [7, 11) is 0. The van der Waals surface area contributed by atoms with Crippen molar-refractivity contribution in [3.63, 3.8) is 0 Å². The van der Waals surface area contributed by atoms with Crippen LogP contribution in [0.1, 0.15) is 13.3 Å². The van der Waals surface area contributed by atoms with Crippen LogP contribution in [0.5, 0.6) is 0 Å². The van der Waals surface area contributed by atoms with Crippen molar-refractivity contribution in [3.05, 3.63) is 33.9 Å². The van der Waals surface area contributed by atoms with Crippen molar-refractivity contribution < 1.29 is 18.5 Å². The summed E-state index contributed by atoms with van der Waals surface area (Å²) < 4.78 is 26.4. The molecule has 0 spiro atoms. The molecule has 0 aromatic heterocycles. The second-order valence-corrected chi connectivity index (χ2v) is 3.69. The number of amides is 1. The predicted molar refractivity (Wildman–Crippen MR) is 64.8 cm³/mol. The second-order valence-electron chi connectivity index (χ2n) is 3.69. The van der Waals surface area contributed by atoms with E-state index in [0.29, 0.717) is 25.2 Å². The van der Waals surface area contributed by atoms with Crippen molar-refractivity contribution >= 4 is 17.3 Å². The molecule has 0 aliphatic heterocycles. The number of nitro benzene ring substituents is 1. The van der Waals surface area contributed by atoms with Crippen molar-refractivity contribution in [2.75, 3.05) is 18.4 Å². The van der Waals surface area contributed by atoms with Gasteiger partial charge in [0.15, 0.2) is 0 Å². The van der Waals surface area contributed by atoms with Gasteiger partial charge < -0.3 is 10.6 Å². The summed E-state index contributed by atoms with van der Waals surface area (Å²) in [6.45, 7) is 2.94. The van der Waals surface area contributed by atoms with Crippen molar-refractivity contribution in [1.82, 2.24) is 5.32 Å². The van der Waals surface area contributed by atoms with E-state index in [1.807, 2.05) is 6.92 Å². The average Bonchev–Trinajstić information content (AvgIpc) is 2.32. The molecule has 2 N–H and O–H groups in total. The fraction of sp³-hybridized carbons (Fsp3) is 0.364. The summed E-state index contributed by atoms with van der Waals surface area (Å²) in [6, 6.07) is 1.04. The molecule has 1 aromatic rings. The molecular formula is C11H13F2N3O3. The lowest BCUT2D eigenvalue weighted by Crippen LogP contribution is -2.21. The van der Waals surface area contributed by atoms with Crippen molar-refractivity contribution in [3.8, 4) is 0 Å². The van der Waals surface area contributed by atoms with Gasteiger partial charge in [-0.05, 0) is 6.54 Å². The Bertz CT molecular complexity index is 494. The first-order valence-electron chi connectivity index (χ1n) is 5.59. The van der Waals surface area contributed by atoms with E-state index >= 15 is 0 Å². The van der Waals surface area contributed by atoms with Gasteiger partial charge >= 0.3 is 5.69 Å². The Kier molecular flexibility index (Phi) is 5.31. The predicted octanol–water partition coefficient (Wildman–Crippen LogP) is 1.81. The summed E-state index contributed by atoms with van der Waals surface area (Å²) in [5.74, 6) is -2.85. The van der Waals surface area contributed by atoms with E-state index in [1.165, 1.54) is 0 Å². The van der Waals surface area contributed by atoms with Gasteiger partial charge in [-0.15, -0.1) is 0 Å². The van der Waals surface area contributed by atoms with Gasteiger partial charge in [0, 0.05) is 25.1 Å². The molecule has 0 saturated heterocycles. The Morgan fingerprint density at radius 2 is 2.05 bits per heavy atom. The Morgan fingerprint density at radius 3 is 2.63 bits per heavy atom. The average molecular weight is 273 g/mol. The molecule has 0 heterocycles. The lowest BCUT2D eigenvalue weighted by Gasteiger charge is -2.07. The van der Waals surface area contributed by atoms with E-state index in [0.717, 1.165) is 0 Å². The molecular weight excluding hydrogens is 260 g/mol. The molecule has 0 fully saturated rings. The van der Waals surface area contributed by atoms with Crippen LogP contribution in [0.25, 0.3) is 0 Å². The van der Waals surface area contributed by atoms with E-state index in [9.17, 15) is 23.7 Å². The van der Waals surface area contributed by atoms with Gasteiger partial charge in [-0.3, -0.25) is 14.9 Å². The normalized spacial score (nSPS) is 10.3. The maximum Gasteiger partial charge on any atom is 0.307 e. The maximum absolute atomic E-state index is 13.3. The topological polar surface area (TPSA) is 84.3 Å². The zero-order valence-corrected chi connectivity index (χ0v) is 10.2. The fourth-order valence-electron chi connectivity index (χ4n) is 1.36. The lowest BCUT2D eigenvalue weighted by molar-refractivity contribution is -0.387. The van der Waals surface area contributed by atoms with Crippen LogP contribution in [-0.4, -0.2) is 23.9 Å². The molecule has 1 aromatic carbocycles. The summed E-state index contributed by atoms with van der Waals surface area (Å²) in [5, 5.41) is 15.6. The van der Waals surface area contributed by atoms with Gasteiger partial charge in [0.1, 0.15) is 5.82 Å². The number of hydrogen-bond acceptors (Lipinski definition) is 4. The molecule has 104 valence electrons. The highest BCUT2D eigenvalue weighted by atomic mass is 19.1. The van der Waals surface area contributed by atoms with Crippen LogP contribution in [-0.2, 0) is 4.79 Å². The number of carbonyl (C=O) groups excluding carboxylic acids is 1. The molecule has 0 aliphatic rings. The number of hydrogen-bond donors (Lipinski definition) is 2. The minimum absolute atomic E-state index is 0.0818. The van der Waals surface area contributed by atoms with Gasteiger partial charge in [-0.2, -0.15) is 4.39 Å². The van der Waals surface area contributed by atoms with Gasteiger partial charge in [-0.1, -0.05) is 6.92 Å². The Balaban J connectivity index is 2.80. The third-order valence-corrected chi connectivity index (χ3v) is 2.29. The first kappa shape index (κ1) is 15.0. The van der Waals surface area contributed by atoms with E-state index in [2.05, 4.69) is 10.6 Å². The fourth-order valence-corrected chi connectivity index (χ4v) is 1.36. The van der Waals surface area contributed by atoms with E-state index < -0.39 is 33.8 Å². The number of nitro groups is 1. The number of carbonyl (C=O) groups is 1. The largest absolute Gasteiger partial charge is 0.323 e. The first-order chi connectivity index (χ1) is 8.95. The summed E-state index contributed by atoms with van der Waals surface area (Å²) in [5.41, 5.74) is -1.29. The number of rotatable bonds is 6. The van der Waals surface area contributed by atoms with Crippen molar-refractivity contribution in [1.29, 1.82) is 0 Å². The highest BCUT2D eigenvalue weighted by Gasteiger charge is 2.19. The number of nitrogens with one attached hydrogen (secondary N) is 2. The van der Waals surface area contributed by atoms with Crippen LogP contribution in [0.15, 0.2) is 12.1 Å². The summed E-state index contributed by atoms with van der Waals surface area (Å²) in [4.78, 5) is 20.9. The molecule has 8 heteroatoms. The van der Waals surface area contributed by atoms with E-state index in [-0.39, 0.29) is 6.42 Å². The van der Waals surface area contributed by atoms with Crippen LogP contribution in [0.3, 0.4) is 0 Å². The van der Waals surface area contributed by atoms with Gasteiger partial charge in [-0.25, -0.2) is 4.39 Å². The van der Waals surface area contributed by atoms with E-state index in [4.69, 9.17) is 0 Å². The number of benzene rings is 1. The number of anilines is 1. The molecule has 1 amide bonds. The van der Waals surface area contributed by atoms with Gasteiger partial charge in [0.2, 0.25) is 11.7 Å². The third kappa shape index (κ3) is 4.25. The highest BCUT2D eigenvalue weighted by molar-refractivity contribution is 5.91. The summed E-state index contributed by atoms with van der Waals surface area (Å²) >= 11 is 0. The quantitative estimate of drug-likeness (QED) is 0.470. The number of halogens is 2. The molecule has 1 rings (SSSR count). The second kappa shape index (κ2) is 6.74. The van der Waals surface area contributed by atoms with Crippen LogP contribution in [0, 0.1) is 21.7 Å². The molecule has 19 heavy (non-hydrogen) atoms. The zero-order valence-electron chi connectivity index (χ0n) is 10.2. The minimum atomic E-state index is -1.28. The standard InChI is InChI=1S/C11H13F2N3O3/c1-2-14-4-3-11(17)15-9-6-10(16(18)19)8(13)5-7(9)12/h5-6,14H,2-4H2,1H3,(H,15,17). The molecule has 6 nitrogen and oxygen atoms in total. The lowest BCUT2D eigenvalue weighted by atomic mass is 10.2. The number of nitrogens with zero attached hydrogens (tertiary/aromatic N) is 1. The highest BCUT2D eigenvalue weighted by Crippen LogP contribution is 2.25. The van der Waals surface area contributed by atoms with Gasteiger partial charge in [0.25, 0.3) is 0 Å². The SMILES string of the molecule is CCNCCC(=O)Nc1cc([N+](=O)[O-])c(F)cc1F. The minimum Gasteiger partial charge on any atom is -0.323 e. The molecule has 0 atom stereocenters. The first-order valence-corrected chi connectivity index (χ1v) is 5.59. The van der Waals surface area contributed by atoms with Crippen molar-refractivity contribution in [2.45, 2.75) is 13.3 Å². The Labute approximate surface area is 108 Å². The van der Waals surface area contributed by atoms with Gasteiger partial charge in [0.05, 0.1) is 10.6 Å². The third-order valence-electron chi connectivity index (χ3n) is 2.29. The Hall–Kier alpha value is -2.09.